The number of aromatic nitrogens is 2. The zero-order valence-electron chi connectivity index (χ0n) is 16.7. The van der Waals surface area contributed by atoms with Gasteiger partial charge in [0.05, 0.1) is 28.2 Å². The van der Waals surface area contributed by atoms with E-state index in [0.29, 0.717) is 17.1 Å². The Labute approximate surface area is 190 Å². The molecule has 0 aliphatic rings. The van der Waals surface area contributed by atoms with E-state index in [4.69, 9.17) is 16.6 Å². The highest BCUT2D eigenvalue weighted by Crippen LogP contribution is 2.28. The summed E-state index contributed by atoms with van der Waals surface area (Å²) in [4.78, 5) is 17.6. The summed E-state index contributed by atoms with van der Waals surface area (Å²) in [5.74, 6) is 0.0887. The number of sulfone groups is 1. The van der Waals surface area contributed by atoms with Gasteiger partial charge in [-0.15, -0.1) is 0 Å². The molecule has 8 heteroatoms. The van der Waals surface area contributed by atoms with Crippen molar-refractivity contribution in [3.63, 3.8) is 0 Å². The number of rotatable bonds is 7. The Kier molecular flexibility index (Phi) is 6.18. The maximum Gasteiger partial charge on any atom is 0.175 e. The predicted octanol–water partition coefficient (Wildman–Crippen LogP) is 5.12. The lowest BCUT2D eigenvalue weighted by atomic mass is 10.1. The average Bonchev–Trinajstić information content (AvgIpc) is 3.08. The SMILES string of the molecule is CS(=O)(=O)c1ccc(C(=O)CSc2nc3cc(Cl)ccc3n2Cc2ccccc2)cc1. The van der Waals surface area contributed by atoms with Crippen molar-refractivity contribution in [2.75, 3.05) is 12.0 Å². The van der Waals surface area contributed by atoms with Gasteiger partial charge in [0, 0.05) is 16.8 Å². The highest BCUT2D eigenvalue weighted by atomic mass is 35.5. The summed E-state index contributed by atoms with van der Waals surface area (Å²) in [7, 11) is -3.29. The van der Waals surface area contributed by atoms with E-state index in [-0.39, 0.29) is 16.4 Å². The van der Waals surface area contributed by atoms with Crippen LogP contribution in [-0.4, -0.2) is 35.8 Å². The Morgan fingerprint density at radius 3 is 2.42 bits per heavy atom. The third-order valence-electron chi connectivity index (χ3n) is 4.80. The topological polar surface area (TPSA) is 69.0 Å². The smallest absolute Gasteiger partial charge is 0.175 e. The highest BCUT2D eigenvalue weighted by molar-refractivity contribution is 7.99. The molecule has 0 aliphatic carbocycles. The fourth-order valence-corrected chi connectivity index (χ4v) is 4.92. The first-order chi connectivity index (χ1) is 14.8. The first kappa shape index (κ1) is 21.6. The highest BCUT2D eigenvalue weighted by Gasteiger charge is 2.15. The summed E-state index contributed by atoms with van der Waals surface area (Å²) in [6, 6.07) is 21.6. The van der Waals surface area contributed by atoms with Crippen LogP contribution < -0.4 is 0 Å². The van der Waals surface area contributed by atoms with Crippen LogP contribution in [0.25, 0.3) is 11.0 Å². The molecule has 31 heavy (non-hydrogen) atoms. The minimum Gasteiger partial charge on any atom is -0.314 e. The van der Waals surface area contributed by atoms with Crippen molar-refractivity contribution < 1.29 is 13.2 Å². The second-order valence-electron chi connectivity index (χ2n) is 7.11. The molecule has 0 aliphatic heterocycles. The van der Waals surface area contributed by atoms with E-state index in [1.54, 1.807) is 12.1 Å². The lowest BCUT2D eigenvalue weighted by Gasteiger charge is -2.09. The molecule has 0 amide bonds. The number of thioether (sulfide) groups is 1. The Bertz CT molecular complexity index is 1350. The average molecular weight is 471 g/mol. The number of fused-ring (bicyclic) bond motifs is 1. The van der Waals surface area contributed by atoms with Crippen LogP contribution in [0.5, 0.6) is 0 Å². The predicted molar refractivity (Wildman–Crippen MR) is 125 cm³/mol. The van der Waals surface area contributed by atoms with Crippen LogP contribution in [0.1, 0.15) is 15.9 Å². The number of hydrogen-bond acceptors (Lipinski definition) is 5. The van der Waals surface area contributed by atoms with Crippen molar-refractivity contribution in [1.29, 1.82) is 0 Å². The lowest BCUT2D eigenvalue weighted by Crippen LogP contribution is -2.06. The van der Waals surface area contributed by atoms with Gasteiger partial charge in [-0.2, -0.15) is 0 Å². The van der Waals surface area contributed by atoms with Gasteiger partial charge in [0.2, 0.25) is 0 Å². The molecule has 0 unspecified atom stereocenters. The number of Topliss-reactive ketones (excluding diaryl/α,β-unsaturated/α-hetero) is 1. The zero-order chi connectivity index (χ0) is 22.0. The van der Waals surface area contributed by atoms with Gasteiger partial charge in [-0.05, 0) is 35.9 Å². The normalized spacial score (nSPS) is 11.7. The summed E-state index contributed by atoms with van der Waals surface area (Å²) in [5, 5.41) is 1.33. The third-order valence-corrected chi connectivity index (χ3v) is 7.14. The molecule has 0 bridgehead atoms. The molecule has 158 valence electrons. The molecule has 4 aromatic rings. The zero-order valence-corrected chi connectivity index (χ0v) is 19.0. The molecule has 3 aromatic carbocycles. The Balaban J connectivity index is 1.59. The van der Waals surface area contributed by atoms with Gasteiger partial charge in [-0.25, -0.2) is 13.4 Å². The maximum atomic E-state index is 12.7. The molecule has 0 saturated heterocycles. The van der Waals surface area contributed by atoms with E-state index < -0.39 is 9.84 Å². The standard InChI is InChI=1S/C23H19ClN2O3S2/c1-31(28,29)19-10-7-17(8-11-19)22(27)15-30-23-25-20-13-18(24)9-12-21(20)26(23)14-16-5-3-2-4-6-16/h2-13H,14-15H2,1H3. The van der Waals surface area contributed by atoms with E-state index in [9.17, 15) is 13.2 Å². The number of halogens is 1. The monoisotopic (exact) mass is 470 g/mol. The Morgan fingerprint density at radius 1 is 1.03 bits per heavy atom. The van der Waals surface area contributed by atoms with Crippen LogP contribution in [0, 0.1) is 0 Å². The van der Waals surface area contributed by atoms with Gasteiger partial charge in [-0.3, -0.25) is 4.79 Å². The lowest BCUT2D eigenvalue weighted by molar-refractivity contribution is 0.102. The molecule has 0 atom stereocenters. The summed E-state index contributed by atoms with van der Waals surface area (Å²) in [5.41, 5.74) is 3.31. The van der Waals surface area contributed by atoms with Crippen LogP contribution in [0.3, 0.4) is 0 Å². The van der Waals surface area contributed by atoms with Crippen molar-refractivity contribution in [2.45, 2.75) is 16.6 Å². The van der Waals surface area contributed by atoms with Crippen LogP contribution in [0.2, 0.25) is 5.02 Å². The molecule has 0 N–H and O–H groups in total. The largest absolute Gasteiger partial charge is 0.314 e. The van der Waals surface area contributed by atoms with Crippen molar-refractivity contribution in [1.82, 2.24) is 9.55 Å². The van der Waals surface area contributed by atoms with E-state index in [1.807, 2.05) is 48.5 Å². The number of ketones is 1. The molecular formula is C23H19ClN2O3S2. The summed E-state index contributed by atoms with van der Waals surface area (Å²) in [6.07, 6.45) is 1.14. The first-order valence-corrected chi connectivity index (χ1v) is 12.7. The number of hydrogen-bond donors (Lipinski definition) is 0. The van der Waals surface area contributed by atoms with Gasteiger partial charge in [-0.1, -0.05) is 65.8 Å². The first-order valence-electron chi connectivity index (χ1n) is 9.47. The minimum atomic E-state index is -3.29. The molecular weight excluding hydrogens is 452 g/mol. The number of benzene rings is 3. The second kappa shape index (κ2) is 8.86. The van der Waals surface area contributed by atoms with Crippen LogP contribution in [0.4, 0.5) is 0 Å². The van der Waals surface area contributed by atoms with Crippen molar-refractivity contribution in [3.05, 3.63) is 88.9 Å². The van der Waals surface area contributed by atoms with Crippen molar-refractivity contribution >= 4 is 50.0 Å². The number of imidazole rings is 1. The Hall–Kier alpha value is -2.61. The van der Waals surface area contributed by atoms with Crippen LogP contribution in [-0.2, 0) is 16.4 Å². The van der Waals surface area contributed by atoms with Gasteiger partial charge in [0.25, 0.3) is 0 Å². The van der Waals surface area contributed by atoms with Crippen molar-refractivity contribution in [3.8, 4) is 0 Å². The minimum absolute atomic E-state index is 0.0959. The van der Waals surface area contributed by atoms with Crippen LogP contribution >= 0.6 is 23.4 Å². The number of carbonyl (C=O) groups is 1. The fraction of sp³-hybridized carbons (Fsp3) is 0.130. The van der Waals surface area contributed by atoms with Gasteiger partial charge < -0.3 is 4.57 Å². The quantitative estimate of drug-likeness (QED) is 0.277. The van der Waals surface area contributed by atoms with Crippen LogP contribution in [0.15, 0.2) is 82.8 Å². The van der Waals surface area contributed by atoms with E-state index >= 15 is 0 Å². The molecule has 1 heterocycles. The molecule has 4 rings (SSSR count). The number of carbonyl (C=O) groups excluding carboxylic acids is 1. The van der Waals surface area contributed by atoms with E-state index in [0.717, 1.165) is 28.0 Å². The second-order valence-corrected chi connectivity index (χ2v) is 10.5. The maximum absolute atomic E-state index is 12.7. The molecule has 5 nitrogen and oxygen atoms in total. The summed E-state index contributed by atoms with van der Waals surface area (Å²) in [6.45, 7) is 0.624. The molecule has 0 spiro atoms. The third kappa shape index (κ3) is 5.01. The van der Waals surface area contributed by atoms with Gasteiger partial charge >= 0.3 is 0 Å². The summed E-state index contributed by atoms with van der Waals surface area (Å²) < 4.78 is 25.3. The molecule has 0 saturated carbocycles. The van der Waals surface area contributed by atoms with Crippen molar-refractivity contribution in [2.24, 2.45) is 0 Å². The van der Waals surface area contributed by atoms with Gasteiger partial charge in [0.15, 0.2) is 20.8 Å². The number of nitrogens with zero attached hydrogens (tertiary/aromatic N) is 2. The summed E-state index contributed by atoms with van der Waals surface area (Å²) >= 11 is 7.49. The van der Waals surface area contributed by atoms with E-state index in [1.165, 1.54) is 23.9 Å². The Morgan fingerprint density at radius 2 is 1.74 bits per heavy atom. The molecule has 0 radical (unpaired) electrons. The molecule has 0 fully saturated rings. The molecule has 1 aromatic heterocycles. The van der Waals surface area contributed by atoms with E-state index in [2.05, 4.69) is 4.57 Å². The fourth-order valence-electron chi connectivity index (χ4n) is 3.21. The van der Waals surface area contributed by atoms with Gasteiger partial charge in [0.1, 0.15) is 0 Å².